The molecule has 0 aliphatic rings. The van der Waals surface area contributed by atoms with Crippen molar-refractivity contribution >= 4 is 5.97 Å². The fourth-order valence-corrected chi connectivity index (χ4v) is 3.73. The van der Waals surface area contributed by atoms with Crippen molar-refractivity contribution in [3.63, 3.8) is 0 Å². The number of halogens is 1. The molecule has 0 fully saturated rings. The number of aromatic nitrogens is 2. The van der Waals surface area contributed by atoms with Crippen molar-refractivity contribution in [3.05, 3.63) is 77.4 Å². The van der Waals surface area contributed by atoms with E-state index in [1.165, 1.54) is 44.2 Å². The van der Waals surface area contributed by atoms with E-state index >= 15 is 0 Å². The molecule has 0 amide bonds. The largest absolute Gasteiger partial charge is 0.420 e. The number of unbranched alkanes of at least 4 members (excludes halogenated alkanes) is 5. The van der Waals surface area contributed by atoms with Gasteiger partial charge in [-0.2, -0.15) is 0 Å². The van der Waals surface area contributed by atoms with Gasteiger partial charge in [0.15, 0.2) is 17.4 Å². The lowest BCUT2D eigenvalue weighted by Gasteiger charge is -2.08. The van der Waals surface area contributed by atoms with Crippen LogP contribution >= 0.6 is 0 Å². The highest BCUT2D eigenvalue weighted by Crippen LogP contribution is 2.22. The van der Waals surface area contributed by atoms with Crippen molar-refractivity contribution in [2.24, 2.45) is 0 Å². The van der Waals surface area contributed by atoms with Crippen LogP contribution in [-0.2, 0) is 12.8 Å². The van der Waals surface area contributed by atoms with E-state index in [9.17, 15) is 9.18 Å². The van der Waals surface area contributed by atoms with Gasteiger partial charge in [-0.1, -0.05) is 70.6 Å². The Hall–Kier alpha value is -3.08. The number of carbonyl (C=O) groups excluding carboxylic acids is 1. The molecule has 3 aromatic rings. The lowest BCUT2D eigenvalue weighted by molar-refractivity contribution is 0.0728. The molecule has 0 aliphatic carbocycles. The van der Waals surface area contributed by atoms with Crippen molar-refractivity contribution in [2.45, 2.75) is 71.6 Å². The third-order valence-electron chi connectivity index (χ3n) is 5.64. The summed E-state index contributed by atoms with van der Waals surface area (Å²) in [5.41, 5.74) is 3.18. The normalized spacial score (nSPS) is 10.9. The number of aryl methyl sites for hydroxylation is 2. The zero-order valence-electron chi connectivity index (χ0n) is 19.6. The third kappa shape index (κ3) is 7.48. The van der Waals surface area contributed by atoms with Gasteiger partial charge in [-0.3, -0.25) is 0 Å². The first-order valence-electron chi connectivity index (χ1n) is 12.0. The van der Waals surface area contributed by atoms with Gasteiger partial charge >= 0.3 is 5.97 Å². The predicted octanol–water partition coefficient (Wildman–Crippen LogP) is 7.36. The highest BCUT2D eigenvalue weighted by atomic mass is 19.1. The molecule has 1 heterocycles. The number of carbonyl (C=O) groups is 1. The number of hydrogen-bond donors (Lipinski definition) is 0. The molecule has 0 saturated heterocycles. The maximum Gasteiger partial charge on any atom is 0.343 e. The Morgan fingerprint density at radius 1 is 0.818 bits per heavy atom. The quantitative estimate of drug-likeness (QED) is 0.165. The molecule has 1 aromatic heterocycles. The van der Waals surface area contributed by atoms with Crippen molar-refractivity contribution in [2.75, 3.05) is 0 Å². The molecule has 0 spiro atoms. The first-order chi connectivity index (χ1) is 16.1. The topological polar surface area (TPSA) is 52.1 Å². The summed E-state index contributed by atoms with van der Waals surface area (Å²) in [4.78, 5) is 21.4. The lowest BCUT2D eigenvalue weighted by Crippen LogP contribution is -2.09. The van der Waals surface area contributed by atoms with E-state index in [1.54, 1.807) is 30.3 Å². The van der Waals surface area contributed by atoms with Gasteiger partial charge in [0.1, 0.15) is 0 Å². The number of nitrogens with zero attached hydrogens (tertiary/aromatic N) is 2. The molecule has 2 aromatic carbocycles. The molecule has 4 nitrogen and oxygen atoms in total. The second kappa shape index (κ2) is 12.8. The molecular formula is C28H33FN2O2. The third-order valence-corrected chi connectivity index (χ3v) is 5.64. The van der Waals surface area contributed by atoms with Crippen molar-refractivity contribution in [1.82, 2.24) is 9.97 Å². The maximum absolute atomic E-state index is 14.2. The van der Waals surface area contributed by atoms with Crippen LogP contribution in [0.4, 0.5) is 4.39 Å². The van der Waals surface area contributed by atoms with E-state index in [-0.39, 0.29) is 5.75 Å². The monoisotopic (exact) mass is 448 g/mol. The van der Waals surface area contributed by atoms with Crippen LogP contribution in [0.3, 0.4) is 0 Å². The van der Waals surface area contributed by atoms with E-state index in [0.29, 0.717) is 11.4 Å². The zero-order valence-corrected chi connectivity index (χ0v) is 19.6. The van der Waals surface area contributed by atoms with Crippen LogP contribution in [0.5, 0.6) is 5.75 Å². The second-order valence-corrected chi connectivity index (χ2v) is 8.41. The van der Waals surface area contributed by atoms with Gasteiger partial charge < -0.3 is 4.74 Å². The summed E-state index contributed by atoms with van der Waals surface area (Å²) >= 11 is 0. The standard InChI is InChI=1S/C28H33FN2O2/c1-3-5-6-7-8-9-11-22-19-30-27(31-20-22)23-13-15-24(16-14-23)28(32)33-26-17-12-21(10-4-2)18-25(26)29/h12-20H,3-11H2,1-2H3. The molecule has 0 saturated carbocycles. The Labute approximate surface area is 196 Å². The van der Waals surface area contributed by atoms with Gasteiger partial charge in [-0.05, 0) is 54.7 Å². The average Bonchev–Trinajstić information content (AvgIpc) is 2.84. The highest BCUT2D eigenvalue weighted by Gasteiger charge is 2.13. The maximum atomic E-state index is 14.2. The van der Waals surface area contributed by atoms with E-state index in [0.717, 1.165) is 42.4 Å². The van der Waals surface area contributed by atoms with Crippen molar-refractivity contribution in [3.8, 4) is 17.1 Å². The van der Waals surface area contributed by atoms with Crippen LogP contribution in [0, 0.1) is 5.82 Å². The van der Waals surface area contributed by atoms with Gasteiger partial charge in [-0.15, -0.1) is 0 Å². The van der Waals surface area contributed by atoms with Gasteiger partial charge in [-0.25, -0.2) is 19.2 Å². The van der Waals surface area contributed by atoms with Crippen molar-refractivity contribution in [1.29, 1.82) is 0 Å². The Morgan fingerprint density at radius 3 is 2.18 bits per heavy atom. The summed E-state index contributed by atoms with van der Waals surface area (Å²) in [6.45, 7) is 4.26. The molecule has 174 valence electrons. The SMILES string of the molecule is CCCCCCCCc1cnc(-c2ccc(C(=O)Oc3ccc(CCC)cc3F)cc2)nc1. The summed E-state index contributed by atoms with van der Waals surface area (Å²) in [5.74, 6) is -0.577. The fraction of sp³-hybridized carbons (Fsp3) is 0.393. The highest BCUT2D eigenvalue weighted by molar-refractivity contribution is 5.91. The van der Waals surface area contributed by atoms with E-state index in [2.05, 4.69) is 16.9 Å². The number of benzene rings is 2. The van der Waals surface area contributed by atoms with Crippen LogP contribution in [0.1, 0.15) is 80.3 Å². The van der Waals surface area contributed by atoms with Crippen LogP contribution in [0.25, 0.3) is 11.4 Å². The van der Waals surface area contributed by atoms with Gasteiger partial charge in [0.05, 0.1) is 5.56 Å². The Bertz CT molecular complexity index is 1020. The molecule has 0 radical (unpaired) electrons. The minimum Gasteiger partial charge on any atom is -0.420 e. The van der Waals surface area contributed by atoms with Crippen LogP contribution in [-0.4, -0.2) is 15.9 Å². The Balaban J connectivity index is 1.54. The number of esters is 1. The number of hydrogen-bond acceptors (Lipinski definition) is 4. The van der Waals surface area contributed by atoms with Gasteiger partial charge in [0.25, 0.3) is 0 Å². The number of ether oxygens (including phenoxy) is 1. The zero-order chi connectivity index (χ0) is 23.5. The summed E-state index contributed by atoms with van der Waals surface area (Å²) in [5, 5.41) is 0. The summed E-state index contributed by atoms with van der Waals surface area (Å²) < 4.78 is 19.5. The van der Waals surface area contributed by atoms with Gasteiger partial charge in [0.2, 0.25) is 0 Å². The first kappa shape index (κ1) is 24.6. The van der Waals surface area contributed by atoms with E-state index < -0.39 is 11.8 Å². The summed E-state index contributed by atoms with van der Waals surface area (Å²) in [6.07, 6.45) is 14.0. The smallest absolute Gasteiger partial charge is 0.343 e. The molecule has 33 heavy (non-hydrogen) atoms. The molecule has 0 unspecified atom stereocenters. The average molecular weight is 449 g/mol. The Kier molecular flexibility index (Phi) is 9.55. The van der Waals surface area contributed by atoms with Crippen molar-refractivity contribution < 1.29 is 13.9 Å². The predicted molar refractivity (Wildman–Crippen MR) is 130 cm³/mol. The lowest BCUT2D eigenvalue weighted by atomic mass is 10.1. The number of rotatable bonds is 12. The molecule has 0 bridgehead atoms. The van der Waals surface area contributed by atoms with Crippen LogP contribution < -0.4 is 4.74 Å². The molecule has 5 heteroatoms. The van der Waals surface area contributed by atoms with E-state index in [1.807, 2.05) is 19.3 Å². The molecule has 0 N–H and O–H groups in total. The van der Waals surface area contributed by atoms with Gasteiger partial charge in [0, 0.05) is 18.0 Å². The minimum atomic E-state index is -0.598. The first-order valence-corrected chi connectivity index (χ1v) is 12.0. The van der Waals surface area contributed by atoms with E-state index in [4.69, 9.17) is 4.74 Å². The van der Waals surface area contributed by atoms with Crippen LogP contribution in [0.2, 0.25) is 0 Å². The minimum absolute atomic E-state index is 0.0618. The molecule has 3 rings (SSSR count). The fourth-order valence-electron chi connectivity index (χ4n) is 3.73. The second-order valence-electron chi connectivity index (χ2n) is 8.41. The van der Waals surface area contributed by atoms with Crippen LogP contribution in [0.15, 0.2) is 54.9 Å². The molecule has 0 atom stereocenters. The molecule has 0 aliphatic heterocycles. The molecular weight excluding hydrogens is 415 g/mol. The Morgan fingerprint density at radius 2 is 1.52 bits per heavy atom. The summed E-state index contributed by atoms with van der Waals surface area (Å²) in [7, 11) is 0. The summed E-state index contributed by atoms with van der Waals surface area (Å²) in [6, 6.07) is 11.6.